The molecule has 9 aromatic carbocycles. The van der Waals surface area contributed by atoms with Gasteiger partial charge in [-0.2, -0.15) is 0 Å². The highest BCUT2D eigenvalue weighted by molar-refractivity contribution is 6.19. The lowest BCUT2D eigenvalue weighted by Crippen LogP contribution is -2.01. The van der Waals surface area contributed by atoms with E-state index in [0.29, 0.717) is 17.5 Å². The second-order valence-electron chi connectivity index (χ2n) is 14.3. The first kappa shape index (κ1) is 30.8. The summed E-state index contributed by atoms with van der Waals surface area (Å²) in [5.74, 6) is 1.85. The maximum atomic E-state index is 6.29. The summed E-state index contributed by atoms with van der Waals surface area (Å²) < 4.78 is 12.5. The van der Waals surface area contributed by atoms with Crippen molar-refractivity contribution >= 4 is 76.2 Å². The van der Waals surface area contributed by atoms with E-state index in [0.717, 1.165) is 98.6 Å². The normalized spacial score (nSPS) is 11.9. The largest absolute Gasteiger partial charge is 0.456 e. The Kier molecular flexibility index (Phi) is 6.56. The molecular weight excluding hydrogens is 687 g/mol. The lowest BCUT2D eigenvalue weighted by molar-refractivity contribution is 0.668. The zero-order chi connectivity index (χ0) is 36.7. The Morgan fingerprint density at radius 1 is 0.286 bits per heavy atom. The molecule has 0 saturated heterocycles. The van der Waals surface area contributed by atoms with Gasteiger partial charge >= 0.3 is 0 Å². The van der Waals surface area contributed by atoms with Crippen LogP contribution in [0.5, 0.6) is 0 Å². The monoisotopic (exact) mass is 715 g/mol. The maximum Gasteiger partial charge on any atom is 0.164 e. The number of hydrogen-bond donors (Lipinski definition) is 0. The van der Waals surface area contributed by atoms with E-state index in [4.69, 9.17) is 23.8 Å². The van der Waals surface area contributed by atoms with Crippen LogP contribution < -0.4 is 0 Å². The summed E-state index contributed by atoms with van der Waals surface area (Å²) in [4.78, 5) is 15.6. The number of furan rings is 2. The lowest BCUT2D eigenvalue weighted by Gasteiger charge is -2.14. The van der Waals surface area contributed by atoms with Crippen molar-refractivity contribution in [1.29, 1.82) is 0 Å². The van der Waals surface area contributed by atoms with Crippen LogP contribution in [0.15, 0.2) is 185 Å². The zero-order valence-electron chi connectivity index (χ0n) is 29.9. The topological polar surface area (TPSA) is 65.0 Å². The first-order valence-corrected chi connectivity index (χ1v) is 18.8. The molecule has 0 saturated carbocycles. The first-order chi connectivity index (χ1) is 27.7. The summed E-state index contributed by atoms with van der Waals surface area (Å²) in [5.41, 5.74) is 8.54. The number of aromatic nitrogens is 3. The van der Waals surface area contributed by atoms with Crippen LogP contribution in [0.4, 0.5) is 0 Å². The Morgan fingerprint density at radius 3 is 1.59 bits per heavy atom. The van der Waals surface area contributed by atoms with Gasteiger partial charge in [0.15, 0.2) is 17.5 Å². The van der Waals surface area contributed by atoms with Crippen LogP contribution in [0.2, 0.25) is 0 Å². The number of nitrogens with zero attached hydrogens (tertiary/aromatic N) is 3. The molecular formula is C51H29N3O2. The minimum Gasteiger partial charge on any atom is -0.456 e. The molecule has 12 aromatic rings. The SMILES string of the molecule is c1ccc2cc(-c3nc(-c4ccc5c(ccc6oc7ccccc7c65)c4)nc(-c4ccc(-c5cccc6oc7ccccc7c56)c5ccccc45)n3)ccc2c1. The molecule has 0 bridgehead atoms. The van der Waals surface area contributed by atoms with Crippen LogP contribution in [-0.2, 0) is 0 Å². The molecule has 0 fully saturated rings. The van der Waals surface area contributed by atoms with Crippen molar-refractivity contribution in [2.75, 3.05) is 0 Å². The Morgan fingerprint density at radius 2 is 0.821 bits per heavy atom. The van der Waals surface area contributed by atoms with E-state index < -0.39 is 0 Å². The molecule has 5 nitrogen and oxygen atoms in total. The van der Waals surface area contributed by atoms with Gasteiger partial charge in [-0.15, -0.1) is 0 Å². The molecule has 0 atom stereocenters. The quantitative estimate of drug-likeness (QED) is 0.181. The van der Waals surface area contributed by atoms with Crippen molar-refractivity contribution in [2.24, 2.45) is 0 Å². The van der Waals surface area contributed by atoms with Crippen molar-refractivity contribution in [3.8, 4) is 45.3 Å². The summed E-state index contributed by atoms with van der Waals surface area (Å²) in [5, 5.41) is 11.1. The average molecular weight is 716 g/mol. The first-order valence-electron chi connectivity index (χ1n) is 18.8. The summed E-state index contributed by atoms with van der Waals surface area (Å²) >= 11 is 0. The molecule has 0 aliphatic heterocycles. The van der Waals surface area contributed by atoms with Crippen LogP contribution in [0.3, 0.4) is 0 Å². The highest BCUT2D eigenvalue weighted by atomic mass is 16.3. The average Bonchev–Trinajstić information content (AvgIpc) is 3.84. The number of rotatable bonds is 4. The molecule has 3 heterocycles. The van der Waals surface area contributed by atoms with Gasteiger partial charge in [0.2, 0.25) is 0 Å². The van der Waals surface area contributed by atoms with Crippen LogP contribution in [0.1, 0.15) is 0 Å². The molecule has 0 N–H and O–H groups in total. The molecule has 0 aliphatic rings. The number of hydrogen-bond acceptors (Lipinski definition) is 5. The number of fused-ring (bicyclic) bond motifs is 10. The summed E-state index contributed by atoms with van der Waals surface area (Å²) in [6.07, 6.45) is 0. The molecule has 56 heavy (non-hydrogen) atoms. The van der Waals surface area contributed by atoms with Crippen molar-refractivity contribution in [3.05, 3.63) is 176 Å². The van der Waals surface area contributed by atoms with E-state index >= 15 is 0 Å². The van der Waals surface area contributed by atoms with Gasteiger partial charge in [0.1, 0.15) is 22.3 Å². The summed E-state index contributed by atoms with van der Waals surface area (Å²) in [7, 11) is 0. The summed E-state index contributed by atoms with van der Waals surface area (Å²) in [6, 6.07) is 61.0. The fourth-order valence-corrected chi connectivity index (χ4v) is 8.50. The highest BCUT2D eigenvalue weighted by Crippen LogP contribution is 2.42. The highest BCUT2D eigenvalue weighted by Gasteiger charge is 2.19. The van der Waals surface area contributed by atoms with Crippen LogP contribution in [0.25, 0.3) is 121 Å². The molecule has 260 valence electrons. The van der Waals surface area contributed by atoms with Crippen molar-refractivity contribution < 1.29 is 8.83 Å². The molecule has 3 aromatic heterocycles. The Hall–Kier alpha value is -7.63. The van der Waals surface area contributed by atoms with Gasteiger partial charge in [0.25, 0.3) is 0 Å². The predicted molar refractivity (Wildman–Crippen MR) is 229 cm³/mol. The second-order valence-corrected chi connectivity index (χ2v) is 14.3. The van der Waals surface area contributed by atoms with Gasteiger partial charge in [-0.1, -0.05) is 133 Å². The smallest absolute Gasteiger partial charge is 0.164 e. The van der Waals surface area contributed by atoms with Gasteiger partial charge in [-0.3, -0.25) is 0 Å². The molecule has 0 unspecified atom stereocenters. The Labute approximate surface area is 320 Å². The second kappa shape index (κ2) is 11.9. The van der Waals surface area contributed by atoms with Crippen molar-refractivity contribution in [2.45, 2.75) is 0 Å². The molecule has 0 radical (unpaired) electrons. The maximum absolute atomic E-state index is 6.29. The van der Waals surface area contributed by atoms with E-state index in [1.807, 2.05) is 30.3 Å². The summed E-state index contributed by atoms with van der Waals surface area (Å²) in [6.45, 7) is 0. The third-order valence-corrected chi connectivity index (χ3v) is 11.1. The fraction of sp³-hybridized carbons (Fsp3) is 0. The van der Waals surface area contributed by atoms with Gasteiger partial charge in [-0.05, 0) is 85.9 Å². The van der Waals surface area contributed by atoms with Crippen molar-refractivity contribution in [1.82, 2.24) is 15.0 Å². The lowest BCUT2D eigenvalue weighted by atomic mass is 9.92. The molecule has 12 rings (SSSR count). The van der Waals surface area contributed by atoms with E-state index in [1.54, 1.807) is 0 Å². The van der Waals surface area contributed by atoms with Gasteiger partial charge in [-0.25, -0.2) is 15.0 Å². The predicted octanol–water partition coefficient (Wildman–Crippen LogP) is 13.8. The van der Waals surface area contributed by atoms with Crippen LogP contribution in [-0.4, -0.2) is 15.0 Å². The third kappa shape index (κ3) is 4.71. The van der Waals surface area contributed by atoms with E-state index in [9.17, 15) is 0 Å². The molecule has 0 aliphatic carbocycles. The third-order valence-electron chi connectivity index (χ3n) is 11.1. The van der Waals surface area contributed by atoms with Gasteiger partial charge in [0.05, 0.1) is 0 Å². The number of benzene rings is 9. The Balaban J connectivity index is 1.08. The zero-order valence-corrected chi connectivity index (χ0v) is 29.9. The fourth-order valence-electron chi connectivity index (χ4n) is 8.50. The Bertz CT molecular complexity index is 3560. The molecule has 0 spiro atoms. The van der Waals surface area contributed by atoms with Crippen molar-refractivity contribution in [3.63, 3.8) is 0 Å². The number of para-hydroxylation sites is 2. The van der Waals surface area contributed by atoms with Crippen LogP contribution >= 0.6 is 0 Å². The molecule has 5 heteroatoms. The minimum absolute atomic E-state index is 0.611. The van der Waals surface area contributed by atoms with E-state index in [2.05, 4.69) is 146 Å². The van der Waals surface area contributed by atoms with Crippen LogP contribution in [0, 0.1) is 0 Å². The van der Waals surface area contributed by atoms with E-state index in [1.165, 1.54) is 5.39 Å². The minimum atomic E-state index is 0.611. The van der Waals surface area contributed by atoms with Gasteiger partial charge in [0, 0.05) is 38.2 Å². The van der Waals surface area contributed by atoms with Gasteiger partial charge < -0.3 is 8.83 Å². The molecule has 0 amide bonds. The standard InChI is InChI=1S/C51H29N3O2/c1-2-11-31-28-33(21-20-30(31)10-1)49-52-50(34-22-24-35-32(29-34)23-27-46-47(35)41-14-5-7-17-43(41)56-46)54-51(53-49)40-26-25-38(36-12-3-4-13-37(36)40)39-16-9-19-45-48(39)42-15-6-8-18-44(42)55-45/h1-29H. The van der Waals surface area contributed by atoms with E-state index in [-0.39, 0.29) is 0 Å².